The van der Waals surface area contributed by atoms with Gasteiger partial charge in [0.15, 0.2) is 5.92 Å². The van der Waals surface area contributed by atoms with Crippen molar-refractivity contribution in [3.63, 3.8) is 0 Å². The Labute approximate surface area is 128 Å². The van der Waals surface area contributed by atoms with Crippen LogP contribution >= 0.6 is 0 Å². The summed E-state index contributed by atoms with van der Waals surface area (Å²) in [5, 5.41) is 21.6. The number of aliphatic carboxylic acids is 2. The van der Waals surface area contributed by atoms with Crippen LogP contribution in [0.5, 0.6) is 0 Å². The molecule has 0 radical (unpaired) electrons. The largest absolute Gasteiger partial charge is 0.481 e. The first kappa shape index (κ1) is 15.7. The smallest absolute Gasteiger partial charge is 0.319 e. The van der Waals surface area contributed by atoms with E-state index in [1.807, 2.05) is 30.3 Å². The van der Waals surface area contributed by atoms with Crippen LogP contribution in [0.25, 0.3) is 0 Å². The lowest BCUT2D eigenvalue weighted by Crippen LogP contribution is -2.37. The van der Waals surface area contributed by atoms with E-state index < -0.39 is 23.9 Å². The third kappa shape index (κ3) is 3.93. The Bertz CT molecular complexity index is 614. The van der Waals surface area contributed by atoms with Gasteiger partial charge in [0, 0.05) is 6.54 Å². The van der Waals surface area contributed by atoms with Crippen molar-refractivity contribution in [2.45, 2.75) is 12.6 Å². The molecular formula is C17H17NO4. The maximum Gasteiger partial charge on any atom is 0.319 e. The quantitative estimate of drug-likeness (QED) is 0.683. The highest BCUT2D eigenvalue weighted by Gasteiger charge is 2.35. The van der Waals surface area contributed by atoms with E-state index in [2.05, 4.69) is 5.32 Å². The minimum atomic E-state index is -1.55. The molecule has 114 valence electrons. The van der Waals surface area contributed by atoms with Crippen LogP contribution in [0.3, 0.4) is 0 Å². The Morgan fingerprint density at radius 1 is 0.864 bits per heavy atom. The second-order valence-corrected chi connectivity index (χ2v) is 4.91. The maximum absolute atomic E-state index is 11.3. The summed E-state index contributed by atoms with van der Waals surface area (Å²) in [4.78, 5) is 22.7. The van der Waals surface area contributed by atoms with Crippen molar-refractivity contribution < 1.29 is 19.8 Å². The summed E-state index contributed by atoms with van der Waals surface area (Å²) in [5.74, 6) is -4.27. The van der Waals surface area contributed by atoms with Gasteiger partial charge in [-0.2, -0.15) is 0 Å². The lowest BCUT2D eigenvalue weighted by molar-refractivity contribution is -0.156. The van der Waals surface area contributed by atoms with Gasteiger partial charge in [-0.3, -0.25) is 9.59 Å². The maximum atomic E-state index is 11.3. The van der Waals surface area contributed by atoms with Crippen molar-refractivity contribution in [1.29, 1.82) is 0 Å². The van der Waals surface area contributed by atoms with Crippen LogP contribution in [0.15, 0.2) is 60.7 Å². The van der Waals surface area contributed by atoms with Gasteiger partial charge in [0.2, 0.25) is 0 Å². The van der Waals surface area contributed by atoms with Crippen LogP contribution in [0.1, 0.15) is 17.2 Å². The highest BCUT2D eigenvalue weighted by atomic mass is 16.4. The zero-order chi connectivity index (χ0) is 15.9. The summed E-state index contributed by atoms with van der Waals surface area (Å²) in [6, 6.07) is 17.4. The van der Waals surface area contributed by atoms with E-state index in [1.54, 1.807) is 30.3 Å². The molecule has 2 aromatic rings. The van der Waals surface area contributed by atoms with Crippen molar-refractivity contribution in [3.05, 3.63) is 71.8 Å². The van der Waals surface area contributed by atoms with Gasteiger partial charge >= 0.3 is 11.9 Å². The average Bonchev–Trinajstić information content (AvgIpc) is 2.52. The van der Waals surface area contributed by atoms with Crippen LogP contribution in [0.4, 0.5) is 0 Å². The zero-order valence-corrected chi connectivity index (χ0v) is 11.8. The molecule has 0 amide bonds. The summed E-state index contributed by atoms with van der Waals surface area (Å²) in [7, 11) is 0. The molecule has 0 bridgehead atoms. The summed E-state index contributed by atoms with van der Waals surface area (Å²) in [5.41, 5.74) is 1.59. The SMILES string of the molecule is O=C(O)C(C(=O)O)C(NCc1ccccc1)c1ccccc1. The van der Waals surface area contributed by atoms with Crippen molar-refractivity contribution in [2.24, 2.45) is 5.92 Å². The number of nitrogens with one attached hydrogen (secondary N) is 1. The minimum absolute atomic E-state index is 0.386. The highest BCUT2D eigenvalue weighted by molar-refractivity contribution is 5.94. The van der Waals surface area contributed by atoms with Crippen molar-refractivity contribution in [1.82, 2.24) is 5.32 Å². The van der Waals surface area contributed by atoms with E-state index in [0.29, 0.717) is 12.1 Å². The Morgan fingerprint density at radius 2 is 1.36 bits per heavy atom. The van der Waals surface area contributed by atoms with E-state index in [1.165, 1.54) is 0 Å². The molecule has 0 saturated carbocycles. The Morgan fingerprint density at radius 3 is 1.86 bits per heavy atom. The number of hydrogen-bond donors (Lipinski definition) is 3. The summed E-state index contributed by atoms with van der Waals surface area (Å²) >= 11 is 0. The molecule has 2 rings (SSSR count). The van der Waals surface area contributed by atoms with Gasteiger partial charge in [0.25, 0.3) is 0 Å². The second-order valence-electron chi connectivity index (χ2n) is 4.91. The Balaban J connectivity index is 2.25. The van der Waals surface area contributed by atoms with E-state index in [-0.39, 0.29) is 0 Å². The molecule has 5 heteroatoms. The van der Waals surface area contributed by atoms with E-state index in [0.717, 1.165) is 5.56 Å². The van der Waals surface area contributed by atoms with Crippen molar-refractivity contribution >= 4 is 11.9 Å². The van der Waals surface area contributed by atoms with Gasteiger partial charge in [-0.15, -0.1) is 0 Å². The summed E-state index contributed by atoms with van der Waals surface area (Å²) in [6.07, 6.45) is 0. The van der Waals surface area contributed by atoms with Crippen LogP contribution in [0.2, 0.25) is 0 Å². The van der Waals surface area contributed by atoms with Crippen LogP contribution in [0, 0.1) is 5.92 Å². The Hall–Kier alpha value is -2.66. The molecule has 22 heavy (non-hydrogen) atoms. The standard InChI is InChI=1S/C17H17NO4/c19-16(20)14(17(21)22)15(13-9-5-2-6-10-13)18-11-12-7-3-1-4-8-12/h1-10,14-15,18H,11H2,(H,19,20)(H,21,22). The average molecular weight is 299 g/mol. The lowest BCUT2D eigenvalue weighted by Gasteiger charge is -2.23. The minimum Gasteiger partial charge on any atom is -0.481 e. The zero-order valence-electron chi connectivity index (χ0n) is 11.8. The molecule has 0 saturated heterocycles. The molecule has 0 aliphatic heterocycles. The first-order valence-electron chi connectivity index (χ1n) is 6.87. The lowest BCUT2D eigenvalue weighted by atomic mass is 9.92. The summed E-state index contributed by atoms with van der Waals surface area (Å²) in [6.45, 7) is 0.386. The third-order valence-corrected chi connectivity index (χ3v) is 3.39. The van der Waals surface area contributed by atoms with Crippen LogP contribution in [-0.2, 0) is 16.1 Å². The fourth-order valence-electron chi connectivity index (χ4n) is 2.30. The molecule has 1 unspecified atom stereocenters. The highest BCUT2D eigenvalue weighted by Crippen LogP contribution is 2.23. The number of rotatable bonds is 7. The molecule has 0 spiro atoms. The molecule has 2 aromatic carbocycles. The van der Waals surface area contributed by atoms with Gasteiger partial charge in [-0.1, -0.05) is 60.7 Å². The number of hydrogen-bond acceptors (Lipinski definition) is 3. The number of carbonyl (C=O) groups is 2. The van der Waals surface area contributed by atoms with Crippen molar-refractivity contribution in [3.8, 4) is 0 Å². The van der Waals surface area contributed by atoms with E-state index >= 15 is 0 Å². The number of carboxylic acid groups (broad SMARTS) is 2. The van der Waals surface area contributed by atoms with Crippen LogP contribution in [-0.4, -0.2) is 22.2 Å². The fourth-order valence-corrected chi connectivity index (χ4v) is 2.30. The van der Waals surface area contributed by atoms with Gasteiger partial charge in [-0.25, -0.2) is 0 Å². The monoisotopic (exact) mass is 299 g/mol. The topological polar surface area (TPSA) is 86.6 Å². The molecule has 3 N–H and O–H groups in total. The van der Waals surface area contributed by atoms with E-state index in [4.69, 9.17) is 0 Å². The molecule has 0 heterocycles. The number of benzene rings is 2. The molecule has 1 atom stereocenters. The first-order valence-corrected chi connectivity index (χ1v) is 6.87. The Kier molecular flexibility index (Phi) is 5.27. The van der Waals surface area contributed by atoms with Gasteiger partial charge in [0.1, 0.15) is 0 Å². The molecule has 0 aliphatic carbocycles. The van der Waals surface area contributed by atoms with Crippen LogP contribution < -0.4 is 5.32 Å². The van der Waals surface area contributed by atoms with Gasteiger partial charge < -0.3 is 15.5 Å². The normalized spacial score (nSPS) is 12.0. The molecular weight excluding hydrogens is 282 g/mol. The second kappa shape index (κ2) is 7.38. The fraction of sp³-hybridized carbons (Fsp3) is 0.176. The third-order valence-electron chi connectivity index (χ3n) is 3.39. The predicted molar refractivity (Wildman–Crippen MR) is 81.2 cm³/mol. The molecule has 5 nitrogen and oxygen atoms in total. The molecule has 0 aliphatic rings. The van der Waals surface area contributed by atoms with Gasteiger partial charge in [0.05, 0.1) is 6.04 Å². The summed E-state index contributed by atoms with van der Waals surface area (Å²) < 4.78 is 0. The van der Waals surface area contributed by atoms with E-state index in [9.17, 15) is 19.8 Å². The molecule has 0 fully saturated rings. The van der Waals surface area contributed by atoms with Gasteiger partial charge in [-0.05, 0) is 11.1 Å². The first-order chi connectivity index (χ1) is 10.6. The van der Waals surface area contributed by atoms with Crippen molar-refractivity contribution in [2.75, 3.05) is 0 Å². The number of carboxylic acids is 2. The molecule has 0 aromatic heterocycles. The predicted octanol–water partition coefficient (Wildman–Crippen LogP) is 2.30.